The van der Waals surface area contributed by atoms with Crippen molar-refractivity contribution in [1.29, 1.82) is 0 Å². The van der Waals surface area contributed by atoms with Crippen LogP contribution in [0.2, 0.25) is 0 Å². The van der Waals surface area contributed by atoms with Gasteiger partial charge in [-0.25, -0.2) is 0 Å². The highest BCUT2D eigenvalue weighted by Crippen LogP contribution is 2.37. The van der Waals surface area contributed by atoms with E-state index in [0.717, 1.165) is 25.3 Å². The Kier molecular flexibility index (Phi) is 5.38. The molecule has 1 aromatic heterocycles. The second-order valence-electron chi connectivity index (χ2n) is 6.61. The summed E-state index contributed by atoms with van der Waals surface area (Å²) in [5.74, 6) is -0.132. The van der Waals surface area contributed by atoms with E-state index in [9.17, 15) is 18.0 Å². The lowest BCUT2D eigenvalue weighted by Crippen LogP contribution is -2.49. The Bertz CT molecular complexity index is 798. The summed E-state index contributed by atoms with van der Waals surface area (Å²) in [6.07, 6.45) is -0.491. The number of hydrogen-bond donors (Lipinski definition) is 1. The lowest BCUT2D eigenvalue weighted by molar-refractivity contribution is -0.140. The summed E-state index contributed by atoms with van der Waals surface area (Å²) in [6, 6.07) is 4.80. The first-order chi connectivity index (χ1) is 12.8. The molecule has 0 radical (unpaired) electrons. The molecule has 0 bridgehead atoms. The van der Waals surface area contributed by atoms with E-state index in [1.165, 1.54) is 18.2 Å². The highest BCUT2D eigenvalue weighted by molar-refractivity contribution is 5.78. The van der Waals surface area contributed by atoms with E-state index in [2.05, 4.69) is 15.5 Å². The van der Waals surface area contributed by atoms with Crippen LogP contribution in [0.3, 0.4) is 0 Å². The van der Waals surface area contributed by atoms with Crippen LogP contribution in [0.5, 0.6) is 5.75 Å². The molecule has 2 aromatic rings. The first-order valence-corrected chi connectivity index (χ1v) is 8.71. The number of aromatic nitrogens is 2. The van der Waals surface area contributed by atoms with Gasteiger partial charge in [0.15, 0.2) is 12.4 Å². The van der Waals surface area contributed by atoms with Crippen LogP contribution in [-0.4, -0.2) is 22.7 Å². The first-order valence-electron chi connectivity index (χ1n) is 8.71. The van der Waals surface area contributed by atoms with Gasteiger partial charge < -0.3 is 14.6 Å². The fourth-order valence-electron chi connectivity index (χ4n) is 3.33. The van der Waals surface area contributed by atoms with Crippen LogP contribution in [0.4, 0.5) is 13.2 Å². The fourth-order valence-corrected chi connectivity index (χ4v) is 3.33. The third-order valence-corrected chi connectivity index (χ3v) is 4.59. The lowest BCUT2D eigenvalue weighted by Gasteiger charge is -2.35. The number of nitrogens with one attached hydrogen (secondary N) is 1. The summed E-state index contributed by atoms with van der Waals surface area (Å²) in [7, 11) is 0. The summed E-state index contributed by atoms with van der Waals surface area (Å²) < 4.78 is 49.3. The van der Waals surface area contributed by atoms with Gasteiger partial charge in [0, 0.05) is 6.92 Å². The second kappa shape index (κ2) is 7.58. The largest absolute Gasteiger partial charge is 0.483 e. The number of amides is 1. The van der Waals surface area contributed by atoms with Crippen molar-refractivity contribution in [2.24, 2.45) is 0 Å². The van der Waals surface area contributed by atoms with Crippen molar-refractivity contribution in [3.63, 3.8) is 0 Å². The Balaban J connectivity index is 1.71. The summed E-state index contributed by atoms with van der Waals surface area (Å²) >= 11 is 0. The molecule has 1 N–H and O–H groups in total. The zero-order valence-corrected chi connectivity index (χ0v) is 14.8. The summed E-state index contributed by atoms with van der Waals surface area (Å²) in [5.41, 5.74) is -1.70. The Hall–Kier alpha value is -2.58. The highest BCUT2D eigenvalue weighted by Gasteiger charge is 2.40. The van der Waals surface area contributed by atoms with Crippen LogP contribution < -0.4 is 10.1 Å². The molecule has 9 heteroatoms. The molecule has 146 valence electrons. The summed E-state index contributed by atoms with van der Waals surface area (Å²) in [6.45, 7) is 1.12. The fraction of sp³-hybridized carbons (Fsp3) is 0.500. The zero-order valence-electron chi connectivity index (χ0n) is 14.8. The van der Waals surface area contributed by atoms with Crippen molar-refractivity contribution in [2.75, 3.05) is 6.61 Å². The molecule has 0 saturated heterocycles. The number of para-hydroxylation sites is 1. The maximum Gasteiger partial charge on any atom is 0.419 e. The molecule has 1 amide bonds. The third kappa shape index (κ3) is 4.40. The van der Waals surface area contributed by atoms with Crippen LogP contribution in [0.15, 0.2) is 28.8 Å². The van der Waals surface area contributed by atoms with Crippen molar-refractivity contribution in [2.45, 2.75) is 50.7 Å². The van der Waals surface area contributed by atoms with Gasteiger partial charge in [-0.2, -0.15) is 18.2 Å². The van der Waals surface area contributed by atoms with E-state index in [1.807, 2.05) is 0 Å². The predicted octanol–water partition coefficient (Wildman–Crippen LogP) is 3.75. The number of nitrogens with zero attached hydrogens (tertiary/aromatic N) is 2. The van der Waals surface area contributed by atoms with E-state index in [-0.39, 0.29) is 5.75 Å². The van der Waals surface area contributed by atoms with E-state index >= 15 is 0 Å². The summed E-state index contributed by atoms with van der Waals surface area (Å²) in [5, 5.41) is 6.80. The molecule has 1 aliphatic carbocycles. The SMILES string of the molecule is Cc1nc(C2(NC(=O)COc3ccccc3C(F)(F)F)CCCCC2)no1. The monoisotopic (exact) mass is 383 g/mol. The van der Waals surface area contributed by atoms with Crippen molar-refractivity contribution in [3.8, 4) is 5.75 Å². The topological polar surface area (TPSA) is 77.2 Å². The standard InChI is InChI=1S/C18H20F3N3O3/c1-12-22-16(24-27-12)17(9-5-2-6-10-17)23-15(25)11-26-14-8-4-3-7-13(14)18(19,20)21/h3-4,7-8H,2,5-6,9-11H2,1H3,(H,23,25). The second-order valence-corrected chi connectivity index (χ2v) is 6.61. The average molecular weight is 383 g/mol. The highest BCUT2D eigenvalue weighted by atomic mass is 19.4. The van der Waals surface area contributed by atoms with Crippen LogP contribution >= 0.6 is 0 Å². The lowest BCUT2D eigenvalue weighted by atomic mass is 9.81. The van der Waals surface area contributed by atoms with Gasteiger partial charge in [-0.3, -0.25) is 4.79 Å². The van der Waals surface area contributed by atoms with Crippen molar-refractivity contribution < 1.29 is 27.2 Å². The van der Waals surface area contributed by atoms with Gasteiger partial charge >= 0.3 is 6.18 Å². The van der Waals surface area contributed by atoms with E-state index < -0.39 is 29.8 Å². The Labute approximate surface area is 154 Å². The van der Waals surface area contributed by atoms with Crippen LogP contribution in [-0.2, 0) is 16.5 Å². The van der Waals surface area contributed by atoms with Gasteiger partial charge in [0.1, 0.15) is 11.3 Å². The number of carbonyl (C=O) groups is 1. The normalized spacial score (nSPS) is 16.7. The molecule has 6 nitrogen and oxygen atoms in total. The van der Waals surface area contributed by atoms with Crippen LogP contribution in [0.1, 0.15) is 49.4 Å². The Morgan fingerprint density at radius 3 is 2.59 bits per heavy atom. The predicted molar refractivity (Wildman–Crippen MR) is 88.9 cm³/mol. The number of hydrogen-bond acceptors (Lipinski definition) is 5. The number of benzene rings is 1. The average Bonchev–Trinajstić information content (AvgIpc) is 3.07. The van der Waals surface area contributed by atoms with Crippen molar-refractivity contribution >= 4 is 5.91 Å². The Morgan fingerprint density at radius 2 is 1.96 bits per heavy atom. The molecule has 0 spiro atoms. The molecular formula is C18H20F3N3O3. The molecule has 1 saturated carbocycles. The number of rotatable bonds is 5. The third-order valence-electron chi connectivity index (χ3n) is 4.59. The van der Waals surface area contributed by atoms with E-state index in [4.69, 9.17) is 9.26 Å². The van der Waals surface area contributed by atoms with Gasteiger partial charge in [-0.05, 0) is 25.0 Å². The molecule has 1 fully saturated rings. The van der Waals surface area contributed by atoms with Crippen molar-refractivity contribution in [1.82, 2.24) is 15.5 Å². The number of ether oxygens (including phenoxy) is 1. The van der Waals surface area contributed by atoms with Crippen LogP contribution in [0.25, 0.3) is 0 Å². The zero-order chi connectivity index (χ0) is 19.5. The molecule has 1 heterocycles. The van der Waals surface area contributed by atoms with E-state index in [0.29, 0.717) is 24.6 Å². The minimum atomic E-state index is -4.56. The first kappa shape index (κ1) is 19.2. The van der Waals surface area contributed by atoms with Crippen LogP contribution in [0, 0.1) is 6.92 Å². The number of aryl methyl sites for hydroxylation is 1. The van der Waals surface area contributed by atoms with Gasteiger partial charge in [-0.1, -0.05) is 36.6 Å². The van der Waals surface area contributed by atoms with Gasteiger partial charge in [0.2, 0.25) is 5.89 Å². The molecular weight excluding hydrogens is 363 g/mol. The molecule has 0 unspecified atom stereocenters. The van der Waals surface area contributed by atoms with Gasteiger partial charge in [-0.15, -0.1) is 0 Å². The number of halogens is 3. The number of carbonyl (C=O) groups excluding carboxylic acids is 1. The quantitative estimate of drug-likeness (QED) is 0.851. The molecule has 1 aromatic carbocycles. The Morgan fingerprint density at radius 1 is 1.26 bits per heavy atom. The maximum atomic E-state index is 13.0. The minimum absolute atomic E-state index is 0.381. The number of alkyl halides is 3. The molecule has 0 aliphatic heterocycles. The van der Waals surface area contributed by atoms with Gasteiger partial charge in [0.05, 0.1) is 5.56 Å². The smallest absolute Gasteiger partial charge is 0.419 e. The molecule has 0 atom stereocenters. The van der Waals surface area contributed by atoms with Crippen molar-refractivity contribution in [3.05, 3.63) is 41.5 Å². The van der Waals surface area contributed by atoms with Gasteiger partial charge in [0.25, 0.3) is 5.91 Å². The summed E-state index contributed by atoms with van der Waals surface area (Å²) in [4.78, 5) is 16.7. The molecule has 3 rings (SSSR count). The molecule has 27 heavy (non-hydrogen) atoms. The minimum Gasteiger partial charge on any atom is -0.483 e. The maximum absolute atomic E-state index is 13.0. The molecule has 1 aliphatic rings. The van der Waals surface area contributed by atoms with E-state index in [1.54, 1.807) is 6.92 Å².